The summed E-state index contributed by atoms with van der Waals surface area (Å²) in [5, 5.41) is 12.6. The summed E-state index contributed by atoms with van der Waals surface area (Å²) in [4.78, 5) is 14.8. The second-order valence-corrected chi connectivity index (χ2v) is 8.73. The van der Waals surface area contributed by atoms with Crippen molar-refractivity contribution in [2.45, 2.75) is 31.8 Å². The average Bonchev–Trinajstić information content (AvgIpc) is 3.24. The standard InChI is InChI=1S/C24H29N5O2S/c1-3-6-19-9-11-20(12-10-19)25-22(30)17-32-24-27-26-23(28-13-15-31-16-14-28)29(24)21-8-5-4-7-18(21)2/h4-5,7-12H,3,6,13-17H2,1-2H3,(H,25,30). The molecule has 0 atom stereocenters. The van der Waals surface area contributed by atoms with E-state index < -0.39 is 0 Å². The molecule has 4 rings (SSSR count). The first-order chi connectivity index (χ1) is 15.7. The van der Waals surface area contributed by atoms with Crippen LogP contribution in [0.25, 0.3) is 5.69 Å². The van der Waals surface area contributed by atoms with Crippen LogP contribution in [0.4, 0.5) is 11.6 Å². The van der Waals surface area contributed by atoms with E-state index in [0.29, 0.717) is 18.4 Å². The third-order valence-corrected chi connectivity index (χ3v) is 6.30. The van der Waals surface area contributed by atoms with Gasteiger partial charge in [0.05, 0.1) is 24.7 Å². The number of nitrogens with one attached hydrogen (secondary N) is 1. The van der Waals surface area contributed by atoms with Crippen LogP contribution in [0.2, 0.25) is 0 Å². The summed E-state index contributed by atoms with van der Waals surface area (Å²) in [6, 6.07) is 16.2. The number of nitrogens with zero attached hydrogens (tertiary/aromatic N) is 4. The Hall–Kier alpha value is -2.84. The second-order valence-electron chi connectivity index (χ2n) is 7.79. The van der Waals surface area contributed by atoms with E-state index >= 15 is 0 Å². The van der Waals surface area contributed by atoms with Crippen LogP contribution in [0.15, 0.2) is 53.7 Å². The number of aromatic nitrogens is 3. The molecule has 0 aliphatic carbocycles. The molecule has 1 aliphatic rings. The molecule has 1 aliphatic heterocycles. The molecule has 3 aromatic rings. The fraction of sp³-hybridized carbons (Fsp3) is 0.375. The number of morpholine rings is 1. The third kappa shape index (κ3) is 5.31. The lowest BCUT2D eigenvalue weighted by Crippen LogP contribution is -2.38. The first-order valence-corrected chi connectivity index (χ1v) is 12.0. The maximum Gasteiger partial charge on any atom is 0.234 e. The van der Waals surface area contributed by atoms with Crippen LogP contribution in [0, 0.1) is 6.92 Å². The summed E-state index contributed by atoms with van der Waals surface area (Å²) >= 11 is 1.39. The van der Waals surface area contributed by atoms with Crippen LogP contribution in [0.3, 0.4) is 0 Å². The number of anilines is 2. The number of carbonyl (C=O) groups excluding carboxylic acids is 1. The van der Waals surface area contributed by atoms with Gasteiger partial charge in [0, 0.05) is 18.8 Å². The molecule has 1 fully saturated rings. The van der Waals surface area contributed by atoms with E-state index in [1.165, 1.54) is 17.3 Å². The van der Waals surface area contributed by atoms with E-state index in [9.17, 15) is 4.79 Å². The molecule has 168 valence electrons. The summed E-state index contributed by atoms with van der Waals surface area (Å²) in [5.41, 5.74) is 4.24. The number of rotatable bonds is 8. The third-order valence-electron chi connectivity index (χ3n) is 5.38. The highest BCUT2D eigenvalue weighted by Crippen LogP contribution is 2.29. The Labute approximate surface area is 193 Å². The zero-order valence-electron chi connectivity index (χ0n) is 18.6. The van der Waals surface area contributed by atoms with Gasteiger partial charge in [0.15, 0.2) is 5.16 Å². The topological polar surface area (TPSA) is 72.3 Å². The van der Waals surface area contributed by atoms with Crippen LogP contribution in [0.5, 0.6) is 0 Å². The fourth-order valence-electron chi connectivity index (χ4n) is 3.72. The number of amides is 1. The predicted octanol–water partition coefficient (Wildman–Crippen LogP) is 4.10. The maximum absolute atomic E-state index is 12.6. The van der Waals surface area contributed by atoms with Crippen molar-refractivity contribution in [2.24, 2.45) is 0 Å². The highest BCUT2D eigenvalue weighted by Gasteiger charge is 2.23. The zero-order valence-corrected chi connectivity index (χ0v) is 19.4. The summed E-state index contributed by atoms with van der Waals surface area (Å²) < 4.78 is 7.55. The quantitative estimate of drug-likeness (QED) is 0.520. The first-order valence-electron chi connectivity index (χ1n) is 11.0. The van der Waals surface area contributed by atoms with E-state index in [4.69, 9.17) is 4.74 Å². The van der Waals surface area contributed by atoms with E-state index in [1.807, 2.05) is 24.3 Å². The van der Waals surface area contributed by atoms with E-state index in [-0.39, 0.29) is 11.7 Å². The molecular formula is C24H29N5O2S. The summed E-state index contributed by atoms with van der Waals surface area (Å²) in [7, 11) is 0. The molecule has 1 amide bonds. The van der Waals surface area contributed by atoms with Crippen LogP contribution in [-0.4, -0.2) is 52.7 Å². The van der Waals surface area contributed by atoms with Gasteiger partial charge in [-0.15, -0.1) is 10.2 Å². The monoisotopic (exact) mass is 451 g/mol. The van der Waals surface area contributed by atoms with Gasteiger partial charge < -0.3 is 15.0 Å². The lowest BCUT2D eigenvalue weighted by Gasteiger charge is -2.28. The molecule has 0 spiro atoms. The molecule has 0 saturated carbocycles. The van der Waals surface area contributed by atoms with Crippen LogP contribution in [0.1, 0.15) is 24.5 Å². The average molecular weight is 452 g/mol. The molecule has 0 bridgehead atoms. The highest BCUT2D eigenvalue weighted by atomic mass is 32.2. The molecule has 2 heterocycles. The number of para-hydroxylation sites is 1. The van der Waals surface area contributed by atoms with Gasteiger partial charge in [-0.2, -0.15) is 0 Å². The Morgan fingerprint density at radius 3 is 2.56 bits per heavy atom. The van der Waals surface area contributed by atoms with Crippen LogP contribution in [-0.2, 0) is 16.0 Å². The van der Waals surface area contributed by atoms with Gasteiger partial charge in [0.1, 0.15) is 0 Å². The molecule has 1 aromatic heterocycles. The molecule has 7 nitrogen and oxygen atoms in total. The number of carbonyl (C=O) groups is 1. The number of ether oxygens (including phenoxy) is 1. The van der Waals surface area contributed by atoms with Gasteiger partial charge in [0.2, 0.25) is 11.9 Å². The molecule has 1 N–H and O–H groups in total. The Balaban J connectivity index is 1.50. The Morgan fingerprint density at radius 2 is 1.84 bits per heavy atom. The van der Waals surface area contributed by atoms with Crippen molar-refractivity contribution in [1.82, 2.24) is 14.8 Å². The Morgan fingerprint density at radius 1 is 1.09 bits per heavy atom. The first kappa shape index (κ1) is 22.4. The molecule has 0 unspecified atom stereocenters. The van der Waals surface area contributed by atoms with E-state index in [0.717, 1.165) is 48.8 Å². The van der Waals surface area contributed by atoms with Gasteiger partial charge >= 0.3 is 0 Å². The van der Waals surface area contributed by atoms with Gasteiger partial charge in [-0.05, 0) is 42.7 Å². The van der Waals surface area contributed by atoms with Crippen LogP contribution >= 0.6 is 11.8 Å². The lowest BCUT2D eigenvalue weighted by atomic mass is 10.1. The predicted molar refractivity (Wildman–Crippen MR) is 129 cm³/mol. The van der Waals surface area contributed by atoms with Crippen molar-refractivity contribution in [3.8, 4) is 5.69 Å². The largest absolute Gasteiger partial charge is 0.378 e. The lowest BCUT2D eigenvalue weighted by molar-refractivity contribution is -0.113. The number of benzene rings is 2. The zero-order chi connectivity index (χ0) is 22.3. The van der Waals surface area contributed by atoms with Crippen LogP contribution < -0.4 is 10.2 Å². The van der Waals surface area contributed by atoms with Crippen molar-refractivity contribution in [2.75, 3.05) is 42.3 Å². The number of hydrogen-bond acceptors (Lipinski definition) is 6. The molecule has 8 heteroatoms. The van der Waals surface area contributed by atoms with Gasteiger partial charge in [-0.1, -0.05) is 55.4 Å². The van der Waals surface area contributed by atoms with Crippen molar-refractivity contribution in [1.29, 1.82) is 0 Å². The minimum Gasteiger partial charge on any atom is -0.378 e. The number of hydrogen-bond donors (Lipinski definition) is 1. The number of aryl methyl sites for hydroxylation is 2. The summed E-state index contributed by atoms with van der Waals surface area (Å²) in [6.07, 6.45) is 2.15. The molecular weight excluding hydrogens is 422 g/mol. The Kier molecular flexibility index (Phi) is 7.44. The van der Waals surface area contributed by atoms with Crippen molar-refractivity contribution >= 4 is 29.3 Å². The SMILES string of the molecule is CCCc1ccc(NC(=O)CSc2nnc(N3CCOCC3)n2-c2ccccc2C)cc1. The highest BCUT2D eigenvalue weighted by molar-refractivity contribution is 7.99. The van der Waals surface area contributed by atoms with E-state index in [2.05, 4.69) is 63.1 Å². The molecule has 2 aromatic carbocycles. The smallest absolute Gasteiger partial charge is 0.234 e. The normalized spacial score (nSPS) is 13.9. The molecule has 0 radical (unpaired) electrons. The molecule has 1 saturated heterocycles. The maximum atomic E-state index is 12.6. The fourth-order valence-corrected chi connectivity index (χ4v) is 4.46. The van der Waals surface area contributed by atoms with Gasteiger partial charge in [-0.3, -0.25) is 9.36 Å². The van der Waals surface area contributed by atoms with Gasteiger partial charge in [0.25, 0.3) is 0 Å². The van der Waals surface area contributed by atoms with Crippen molar-refractivity contribution < 1.29 is 9.53 Å². The molecule has 32 heavy (non-hydrogen) atoms. The minimum atomic E-state index is -0.0644. The number of thioether (sulfide) groups is 1. The van der Waals surface area contributed by atoms with Gasteiger partial charge in [-0.25, -0.2) is 0 Å². The minimum absolute atomic E-state index is 0.0644. The Bertz CT molecular complexity index is 1040. The van der Waals surface area contributed by atoms with E-state index in [1.54, 1.807) is 0 Å². The summed E-state index contributed by atoms with van der Waals surface area (Å²) in [5.74, 6) is 0.978. The second kappa shape index (κ2) is 10.7. The van der Waals surface area contributed by atoms with Crippen molar-refractivity contribution in [3.05, 3.63) is 59.7 Å². The summed E-state index contributed by atoms with van der Waals surface area (Å²) in [6.45, 7) is 7.10. The van der Waals surface area contributed by atoms with Crippen molar-refractivity contribution in [3.63, 3.8) is 0 Å².